The Bertz CT molecular complexity index is 1200. The molecule has 2 aromatic carbocycles. The minimum Gasteiger partial charge on any atom is -0.497 e. The molecule has 1 aliphatic heterocycles. The first-order valence-electron chi connectivity index (χ1n) is 11.2. The van der Waals surface area contributed by atoms with Crippen LogP contribution in [0.15, 0.2) is 65.0 Å². The van der Waals surface area contributed by atoms with Gasteiger partial charge in [-0.05, 0) is 68.5 Å². The number of halogens is 2. The van der Waals surface area contributed by atoms with Crippen LogP contribution < -0.4 is 10.1 Å². The van der Waals surface area contributed by atoms with Crippen LogP contribution in [-0.4, -0.2) is 25.0 Å². The molecule has 4 rings (SSSR count). The summed E-state index contributed by atoms with van der Waals surface area (Å²) in [6.45, 7) is 5.44. The van der Waals surface area contributed by atoms with Crippen molar-refractivity contribution in [1.82, 2.24) is 5.32 Å². The van der Waals surface area contributed by atoms with Crippen molar-refractivity contribution in [2.75, 3.05) is 7.11 Å². The van der Waals surface area contributed by atoms with E-state index in [0.717, 1.165) is 22.6 Å². The van der Waals surface area contributed by atoms with Gasteiger partial charge in [-0.1, -0.05) is 41.4 Å². The first-order chi connectivity index (χ1) is 16.2. The number of rotatable bonds is 5. The van der Waals surface area contributed by atoms with E-state index in [-0.39, 0.29) is 17.8 Å². The maximum Gasteiger partial charge on any atom is 0.337 e. The molecule has 2 aromatic rings. The molecular formula is C27H27Cl2NO4. The Kier molecular flexibility index (Phi) is 7.06. The molecule has 0 bridgehead atoms. The van der Waals surface area contributed by atoms with Crippen molar-refractivity contribution >= 4 is 35.0 Å². The van der Waals surface area contributed by atoms with Gasteiger partial charge in [0.2, 0.25) is 0 Å². The van der Waals surface area contributed by atoms with Gasteiger partial charge in [-0.2, -0.15) is 0 Å². The van der Waals surface area contributed by atoms with Gasteiger partial charge in [0, 0.05) is 29.3 Å². The quantitative estimate of drug-likeness (QED) is 0.487. The minimum absolute atomic E-state index is 0.00649. The zero-order chi connectivity index (χ0) is 24.6. The molecule has 0 fully saturated rings. The molecule has 2 aliphatic rings. The Balaban J connectivity index is 1.78. The van der Waals surface area contributed by atoms with Gasteiger partial charge in [0.25, 0.3) is 0 Å². The smallest absolute Gasteiger partial charge is 0.337 e. The van der Waals surface area contributed by atoms with Crippen LogP contribution in [0.3, 0.4) is 0 Å². The molecule has 0 spiro atoms. The number of hydrogen-bond acceptors (Lipinski definition) is 5. The van der Waals surface area contributed by atoms with Gasteiger partial charge in [-0.3, -0.25) is 4.79 Å². The average Bonchev–Trinajstić information content (AvgIpc) is 2.79. The normalized spacial score (nSPS) is 20.3. The molecular weight excluding hydrogens is 473 g/mol. The van der Waals surface area contributed by atoms with E-state index < -0.39 is 11.9 Å². The van der Waals surface area contributed by atoms with Gasteiger partial charge in [-0.15, -0.1) is 0 Å². The van der Waals surface area contributed by atoms with E-state index in [2.05, 4.69) is 5.32 Å². The predicted molar refractivity (Wildman–Crippen MR) is 133 cm³/mol. The molecule has 7 heteroatoms. The SMILES string of the molecule is COc1ccc([C@@H]2CC(=O)C3=C(C2)NC(C)=C(C(=O)OC(C)C)[C@@H]3c2ccc(Cl)c(Cl)c2)cc1. The van der Waals surface area contributed by atoms with E-state index in [1.54, 1.807) is 33.1 Å². The number of benzene rings is 2. The third-order valence-electron chi connectivity index (χ3n) is 6.25. The van der Waals surface area contributed by atoms with Gasteiger partial charge >= 0.3 is 5.97 Å². The van der Waals surface area contributed by atoms with E-state index >= 15 is 0 Å². The number of dihydropyridines is 1. The van der Waals surface area contributed by atoms with Gasteiger partial charge in [-0.25, -0.2) is 4.79 Å². The van der Waals surface area contributed by atoms with E-state index in [1.165, 1.54) is 0 Å². The number of methoxy groups -OCH3 is 1. The number of ketones is 1. The molecule has 2 atom stereocenters. The molecule has 1 heterocycles. The monoisotopic (exact) mass is 499 g/mol. The second kappa shape index (κ2) is 9.85. The summed E-state index contributed by atoms with van der Waals surface area (Å²) < 4.78 is 10.8. The van der Waals surface area contributed by atoms with Crippen molar-refractivity contribution in [1.29, 1.82) is 0 Å². The summed E-state index contributed by atoms with van der Waals surface area (Å²) >= 11 is 12.5. The summed E-state index contributed by atoms with van der Waals surface area (Å²) in [7, 11) is 1.63. The highest BCUT2D eigenvalue weighted by Gasteiger charge is 2.41. The number of allylic oxidation sites excluding steroid dienone is 3. The first kappa shape index (κ1) is 24.4. The molecule has 34 heavy (non-hydrogen) atoms. The van der Waals surface area contributed by atoms with E-state index in [9.17, 15) is 9.59 Å². The molecule has 0 aromatic heterocycles. The zero-order valence-electron chi connectivity index (χ0n) is 19.6. The first-order valence-corrected chi connectivity index (χ1v) is 12.0. The lowest BCUT2D eigenvalue weighted by atomic mass is 9.71. The summed E-state index contributed by atoms with van der Waals surface area (Å²) in [5, 5.41) is 4.14. The summed E-state index contributed by atoms with van der Waals surface area (Å²) in [5.74, 6) is -0.244. The number of hydrogen-bond donors (Lipinski definition) is 1. The second-order valence-electron chi connectivity index (χ2n) is 8.92. The summed E-state index contributed by atoms with van der Waals surface area (Å²) in [6, 6.07) is 13.0. The molecule has 1 aliphatic carbocycles. The Labute approximate surface area is 209 Å². The Hall–Kier alpha value is -2.76. The minimum atomic E-state index is -0.582. The lowest BCUT2D eigenvalue weighted by Crippen LogP contribution is -2.36. The van der Waals surface area contributed by atoms with Crippen LogP contribution in [0.2, 0.25) is 10.0 Å². The van der Waals surface area contributed by atoms with Crippen LogP contribution in [0.5, 0.6) is 5.75 Å². The van der Waals surface area contributed by atoms with Crippen LogP contribution in [0.25, 0.3) is 0 Å². The Morgan fingerprint density at radius 3 is 2.32 bits per heavy atom. The van der Waals surface area contributed by atoms with Crippen LogP contribution in [-0.2, 0) is 14.3 Å². The zero-order valence-corrected chi connectivity index (χ0v) is 21.1. The second-order valence-corrected chi connectivity index (χ2v) is 9.73. The van der Waals surface area contributed by atoms with Crippen molar-refractivity contribution in [2.45, 2.75) is 51.6 Å². The van der Waals surface area contributed by atoms with E-state index in [1.807, 2.05) is 37.3 Å². The molecule has 0 radical (unpaired) electrons. The fraction of sp³-hybridized carbons (Fsp3) is 0.333. The number of esters is 1. The standard InChI is InChI=1S/C27H27Cl2NO4/c1-14(2)34-27(32)24-15(3)30-22-12-18(16-5-8-19(33-4)9-6-16)13-23(31)26(22)25(24)17-7-10-20(28)21(29)11-17/h5-11,14,18,25,30H,12-13H2,1-4H3/t18-,25-/m0/s1. The van der Waals surface area contributed by atoms with Crippen molar-refractivity contribution < 1.29 is 19.1 Å². The van der Waals surface area contributed by atoms with Crippen LogP contribution >= 0.6 is 23.2 Å². The number of ether oxygens (including phenoxy) is 2. The predicted octanol–water partition coefficient (Wildman–Crippen LogP) is 6.32. The molecule has 0 unspecified atom stereocenters. The van der Waals surface area contributed by atoms with Crippen LogP contribution in [0, 0.1) is 0 Å². The number of Topliss-reactive ketones (excluding diaryl/α,β-unsaturated/α-hetero) is 1. The largest absolute Gasteiger partial charge is 0.497 e. The highest BCUT2D eigenvalue weighted by atomic mass is 35.5. The topological polar surface area (TPSA) is 64.6 Å². The maximum absolute atomic E-state index is 13.6. The highest BCUT2D eigenvalue weighted by molar-refractivity contribution is 6.42. The summed E-state index contributed by atoms with van der Waals surface area (Å²) in [5.41, 5.74) is 4.30. The van der Waals surface area contributed by atoms with Crippen molar-refractivity contribution in [2.24, 2.45) is 0 Å². The molecule has 5 nitrogen and oxygen atoms in total. The fourth-order valence-electron chi connectivity index (χ4n) is 4.72. The van der Waals surface area contributed by atoms with Gasteiger partial charge in [0.05, 0.1) is 28.8 Å². The molecule has 0 amide bonds. The van der Waals surface area contributed by atoms with E-state index in [4.69, 9.17) is 32.7 Å². The molecule has 0 saturated heterocycles. The number of nitrogens with one attached hydrogen (secondary N) is 1. The Morgan fingerprint density at radius 1 is 1.03 bits per heavy atom. The third-order valence-corrected chi connectivity index (χ3v) is 6.99. The van der Waals surface area contributed by atoms with Gasteiger partial charge < -0.3 is 14.8 Å². The lowest BCUT2D eigenvalue weighted by Gasteiger charge is -2.37. The summed E-state index contributed by atoms with van der Waals surface area (Å²) in [6.07, 6.45) is 0.699. The van der Waals surface area contributed by atoms with Crippen LogP contribution in [0.4, 0.5) is 0 Å². The van der Waals surface area contributed by atoms with Crippen molar-refractivity contribution in [3.63, 3.8) is 0 Å². The Morgan fingerprint density at radius 2 is 1.71 bits per heavy atom. The summed E-state index contributed by atoms with van der Waals surface area (Å²) in [4.78, 5) is 26.8. The van der Waals surface area contributed by atoms with Crippen LogP contribution in [0.1, 0.15) is 56.6 Å². The maximum atomic E-state index is 13.6. The third kappa shape index (κ3) is 4.73. The van der Waals surface area contributed by atoms with Crippen molar-refractivity contribution in [3.8, 4) is 5.75 Å². The molecule has 0 saturated carbocycles. The lowest BCUT2D eigenvalue weighted by molar-refractivity contribution is -0.143. The van der Waals surface area contributed by atoms with Crippen molar-refractivity contribution in [3.05, 3.63) is 86.2 Å². The molecule has 178 valence electrons. The van der Waals surface area contributed by atoms with Gasteiger partial charge in [0.1, 0.15) is 5.75 Å². The molecule has 1 N–H and O–H groups in total. The van der Waals surface area contributed by atoms with Gasteiger partial charge in [0.15, 0.2) is 5.78 Å². The average molecular weight is 500 g/mol. The highest BCUT2D eigenvalue weighted by Crippen LogP contribution is 2.46. The fourth-order valence-corrected chi connectivity index (χ4v) is 5.03. The van der Waals surface area contributed by atoms with E-state index in [0.29, 0.717) is 39.7 Å². The number of carbonyl (C=O) groups excluding carboxylic acids is 2. The number of carbonyl (C=O) groups is 2.